The van der Waals surface area contributed by atoms with Crippen molar-refractivity contribution >= 4 is 40.8 Å². The molecule has 0 saturated heterocycles. The van der Waals surface area contributed by atoms with E-state index in [0.717, 1.165) is 35.4 Å². The van der Waals surface area contributed by atoms with Crippen molar-refractivity contribution < 1.29 is 4.39 Å². The van der Waals surface area contributed by atoms with Crippen LogP contribution in [0.25, 0.3) is 10.9 Å². The molecular formula is C15H20FIN4. The van der Waals surface area contributed by atoms with Gasteiger partial charge in [0.15, 0.2) is 5.96 Å². The fraction of sp³-hybridized carbons (Fsp3) is 0.267. The molecule has 1 aromatic heterocycles. The minimum absolute atomic E-state index is 0. The van der Waals surface area contributed by atoms with E-state index in [2.05, 4.69) is 27.2 Å². The normalized spacial score (nSPS) is 11.0. The minimum Gasteiger partial charge on any atom is -0.361 e. The highest BCUT2D eigenvalue weighted by Crippen LogP contribution is 2.19. The van der Waals surface area contributed by atoms with Crippen molar-refractivity contribution in [1.82, 2.24) is 15.6 Å². The smallest absolute Gasteiger partial charge is 0.191 e. The Morgan fingerprint density at radius 3 is 2.95 bits per heavy atom. The molecule has 4 nitrogen and oxygen atoms in total. The van der Waals surface area contributed by atoms with E-state index in [4.69, 9.17) is 0 Å². The lowest BCUT2D eigenvalue weighted by atomic mass is 10.1. The second-order valence-electron chi connectivity index (χ2n) is 4.42. The van der Waals surface area contributed by atoms with Crippen LogP contribution in [0, 0.1) is 5.82 Å². The Labute approximate surface area is 140 Å². The fourth-order valence-corrected chi connectivity index (χ4v) is 2.07. The highest BCUT2D eigenvalue weighted by atomic mass is 127. The molecule has 2 rings (SSSR count). The van der Waals surface area contributed by atoms with Gasteiger partial charge in [0.1, 0.15) is 5.82 Å². The zero-order chi connectivity index (χ0) is 14.4. The number of benzene rings is 1. The number of aromatic nitrogens is 1. The van der Waals surface area contributed by atoms with Crippen LogP contribution in [0.3, 0.4) is 0 Å². The Balaban J connectivity index is 0.00000220. The van der Waals surface area contributed by atoms with E-state index in [-0.39, 0.29) is 29.8 Å². The van der Waals surface area contributed by atoms with Crippen LogP contribution in [-0.4, -0.2) is 31.1 Å². The zero-order valence-electron chi connectivity index (χ0n) is 11.9. The van der Waals surface area contributed by atoms with Crippen LogP contribution in [0.5, 0.6) is 0 Å². The van der Waals surface area contributed by atoms with Gasteiger partial charge in [0.25, 0.3) is 0 Å². The first-order chi connectivity index (χ1) is 9.74. The SMILES string of the molecule is C=CCNC(=NC)NCCc1c[nH]c2cc(F)ccc12.I. The molecule has 0 fully saturated rings. The van der Waals surface area contributed by atoms with Crippen molar-refractivity contribution in [1.29, 1.82) is 0 Å². The van der Waals surface area contributed by atoms with Gasteiger partial charge in [-0.2, -0.15) is 0 Å². The van der Waals surface area contributed by atoms with Gasteiger partial charge >= 0.3 is 0 Å². The number of nitrogens with one attached hydrogen (secondary N) is 3. The zero-order valence-corrected chi connectivity index (χ0v) is 14.3. The number of fused-ring (bicyclic) bond motifs is 1. The molecule has 0 aliphatic rings. The summed E-state index contributed by atoms with van der Waals surface area (Å²) in [5.41, 5.74) is 1.99. The summed E-state index contributed by atoms with van der Waals surface area (Å²) in [4.78, 5) is 7.20. The van der Waals surface area contributed by atoms with E-state index in [1.807, 2.05) is 6.20 Å². The van der Waals surface area contributed by atoms with Crippen molar-refractivity contribution in [3.05, 3.63) is 48.4 Å². The van der Waals surface area contributed by atoms with Crippen molar-refractivity contribution in [3.63, 3.8) is 0 Å². The second kappa shape index (κ2) is 8.66. The number of H-pyrrole nitrogens is 1. The van der Waals surface area contributed by atoms with Gasteiger partial charge in [-0.15, -0.1) is 30.6 Å². The maximum Gasteiger partial charge on any atom is 0.191 e. The predicted octanol–water partition coefficient (Wildman–Crippen LogP) is 2.82. The van der Waals surface area contributed by atoms with Gasteiger partial charge in [-0.05, 0) is 30.2 Å². The van der Waals surface area contributed by atoms with E-state index < -0.39 is 0 Å². The van der Waals surface area contributed by atoms with Gasteiger partial charge in [0, 0.05) is 37.2 Å². The number of guanidine groups is 1. The molecule has 0 radical (unpaired) electrons. The molecule has 0 saturated carbocycles. The molecule has 21 heavy (non-hydrogen) atoms. The van der Waals surface area contributed by atoms with Crippen molar-refractivity contribution in [3.8, 4) is 0 Å². The molecule has 1 aromatic carbocycles. The molecule has 0 aliphatic carbocycles. The molecule has 0 bridgehead atoms. The molecular weight excluding hydrogens is 382 g/mol. The van der Waals surface area contributed by atoms with Gasteiger partial charge in [-0.3, -0.25) is 4.99 Å². The highest BCUT2D eigenvalue weighted by Gasteiger charge is 2.04. The van der Waals surface area contributed by atoms with E-state index in [9.17, 15) is 4.39 Å². The lowest BCUT2D eigenvalue weighted by molar-refractivity contribution is 0.629. The maximum absolute atomic E-state index is 13.1. The molecule has 0 unspecified atom stereocenters. The maximum atomic E-state index is 13.1. The summed E-state index contributed by atoms with van der Waals surface area (Å²) in [6.45, 7) is 5.07. The van der Waals surface area contributed by atoms with Crippen LogP contribution in [0.1, 0.15) is 5.56 Å². The Morgan fingerprint density at radius 1 is 1.43 bits per heavy atom. The van der Waals surface area contributed by atoms with Crippen LogP contribution >= 0.6 is 24.0 Å². The topological polar surface area (TPSA) is 52.2 Å². The second-order valence-corrected chi connectivity index (χ2v) is 4.42. The molecule has 1 heterocycles. The molecule has 0 amide bonds. The average molecular weight is 402 g/mol. The lowest BCUT2D eigenvalue weighted by Gasteiger charge is -2.09. The first kappa shape index (κ1) is 17.5. The van der Waals surface area contributed by atoms with Crippen molar-refractivity contribution in [2.24, 2.45) is 4.99 Å². The van der Waals surface area contributed by atoms with Crippen LogP contribution in [0.2, 0.25) is 0 Å². The standard InChI is InChI=1S/C15H19FN4.HI/c1-3-7-18-15(17-2)19-8-6-11-10-20-14-9-12(16)4-5-13(11)14;/h3-5,9-10,20H,1,6-8H2,2H3,(H2,17,18,19);1H. The number of rotatable bonds is 5. The van der Waals surface area contributed by atoms with Crippen LogP contribution in [0.4, 0.5) is 4.39 Å². The quantitative estimate of drug-likeness (QED) is 0.312. The third kappa shape index (κ3) is 4.73. The van der Waals surface area contributed by atoms with Gasteiger partial charge in [0.05, 0.1) is 0 Å². The molecule has 114 valence electrons. The predicted molar refractivity (Wildman–Crippen MR) is 96.9 cm³/mol. The average Bonchev–Trinajstić information content (AvgIpc) is 2.85. The molecule has 6 heteroatoms. The van der Waals surface area contributed by atoms with Crippen LogP contribution in [0.15, 0.2) is 42.0 Å². The molecule has 0 aliphatic heterocycles. The van der Waals surface area contributed by atoms with Gasteiger partial charge < -0.3 is 15.6 Å². The molecule has 3 N–H and O–H groups in total. The third-order valence-electron chi connectivity index (χ3n) is 3.05. The summed E-state index contributed by atoms with van der Waals surface area (Å²) in [7, 11) is 1.73. The fourth-order valence-electron chi connectivity index (χ4n) is 2.07. The summed E-state index contributed by atoms with van der Waals surface area (Å²) in [6.07, 6.45) is 4.53. The number of halogens is 2. The largest absolute Gasteiger partial charge is 0.361 e. The Hall–Kier alpha value is -1.57. The van der Waals surface area contributed by atoms with Gasteiger partial charge in [-0.1, -0.05) is 6.08 Å². The summed E-state index contributed by atoms with van der Waals surface area (Å²) >= 11 is 0. The number of aliphatic imine (C=N–C) groups is 1. The van der Waals surface area contributed by atoms with Gasteiger partial charge in [0.2, 0.25) is 0 Å². The summed E-state index contributed by atoms with van der Waals surface area (Å²) in [5.74, 6) is 0.522. The Kier molecular flexibility index (Phi) is 7.21. The van der Waals surface area contributed by atoms with E-state index in [1.54, 1.807) is 19.2 Å². The molecule has 0 spiro atoms. The monoisotopic (exact) mass is 402 g/mol. The number of hydrogen-bond donors (Lipinski definition) is 3. The lowest BCUT2D eigenvalue weighted by Crippen LogP contribution is -2.38. The Morgan fingerprint density at radius 2 is 2.24 bits per heavy atom. The van der Waals surface area contributed by atoms with E-state index >= 15 is 0 Å². The first-order valence-electron chi connectivity index (χ1n) is 6.55. The highest BCUT2D eigenvalue weighted by molar-refractivity contribution is 14.0. The van der Waals surface area contributed by atoms with E-state index in [1.165, 1.54) is 12.1 Å². The molecule has 2 aromatic rings. The van der Waals surface area contributed by atoms with Crippen LogP contribution in [-0.2, 0) is 6.42 Å². The number of nitrogens with zero attached hydrogens (tertiary/aromatic N) is 1. The molecule has 0 atom stereocenters. The van der Waals surface area contributed by atoms with Crippen LogP contribution < -0.4 is 10.6 Å². The van der Waals surface area contributed by atoms with E-state index in [0.29, 0.717) is 6.54 Å². The summed E-state index contributed by atoms with van der Waals surface area (Å²) < 4.78 is 13.1. The first-order valence-corrected chi connectivity index (χ1v) is 6.55. The summed E-state index contributed by atoms with van der Waals surface area (Å²) in [5, 5.41) is 7.39. The third-order valence-corrected chi connectivity index (χ3v) is 3.05. The summed E-state index contributed by atoms with van der Waals surface area (Å²) in [6, 6.07) is 4.80. The Bertz CT molecular complexity index is 621. The van der Waals surface area contributed by atoms with Gasteiger partial charge in [-0.25, -0.2) is 4.39 Å². The number of aromatic amines is 1. The van der Waals surface area contributed by atoms with Crippen molar-refractivity contribution in [2.45, 2.75) is 6.42 Å². The minimum atomic E-state index is -0.224. The number of hydrogen-bond acceptors (Lipinski definition) is 1. The van der Waals surface area contributed by atoms with Crippen molar-refractivity contribution in [2.75, 3.05) is 20.1 Å².